The summed E-state index contributed by atoms with van der Waals surface area (Å²) in [6.07, 6.45) is 0. The van der Waals surface area contributed by atoms with Crippen molar-refractivity contribution in [3.8, 4) is 11.8 Å². The molecule has 0 spiro atoms. The van der Waals surface area contributed by atoms with E-state index in [9.17, 15) is 24.8 Å². The van der Waals surface area contributed by atoms with E-state index >= 15 is 0 Å². The molecule has 0 atom stereocenters. The van der Waals surface area contributed by atoms with Gasteiger partial charge in [0, 0.05) is 12.4 Å². The van der Waals surface area contributed by atoms with E-state index in [4.69, 9.17) is 4.74 Å². The summed E-state index contributed by atoms with van der Waals surface area (Å²) < 4.78 is 4.86. The fourth-order valence-corrected chi connectivity index (χ4v) is 4.10. The minimum Gasteiger partial charge on any atom is -0.505 e. The van der Waals surface area contributed by atoms with E-state index in [2.05, 4.69) is 26.2 Å². The zero-order valence-electron chi connectivity index (χ0n) is 16.7. The maximum atomic E-state index is 12.5. The molecule has 4 rings (SSSR count). The number of phenolic OH excluding ortho intramolecular Hbond substituents is 1. The van der Waals surface area contributed by atoms with E-state index in [1.807, 2.05) is 6.07 Å². The zero-order chi connectivity index (χ0) is 23.2. The number of nitriles is 1. The van der Waals surface area contributed by atoms with Gasteiger partial charge in [0.15, 0.2) is 5.75 Å². The van der Waals surface area contributed by atoms with E-state index in [1.54, 1.807) is 24.3 Å². The second-order valence-electron chi connectivity index (χ2n) is 6.82. The van der Waals surface area contributed by atoms with Gasteiger partial charge in [-0.15, -0.1) is 10.2 Å². The fraction of sp³-hybridized carbons (Fsp3) is 0.0909. The molecule has 3 aromatic rings. The first kappa shape index (κ1) is 21.1. The Kier molecular flexibility index (Phi) is 5.20. The van der Waals surface area contributed by atoms with Crippen LogP contribution in [0.1, 0.15) is 36.6 Å². The number of hydrogen-bond donors (Lipinski definition) is 1. The molecule has 1 N–H and O–H groups in total. The molecule has 0 aliphatic carbocycles. The molecular formula is C22H13BrN4O5. The van der Waals surface area contributed by atoms with E-state index < -0.39 is 23.5 Å². The third kappa shape index (κ3) is 3.11. The van der Waals surface area contributed by atoms with Crippen LogP contribution in [-0.2, 0) is 4.74 Å². The van der Waals surface area contributed by atoms with Crippen LogP contribution in [0.4, 0.5) is 11.4 Å². The van der Waals surface area contributed by atoms with Gasteiger partial charge in [-0.2, -0.15) is 5.26 Å². The van der Waals surface area contributed by atoms with Crippen molar-refractivity contribution in [3.05, 3.63) is 63.1 Å². The highest BCUT2D eigenvalue weighted by Crippen LogP contribution is 2.43. The van der Waals surface area contributed by atoms with Gasteiger partial charge in [0.25, 0.3) is 11.8 Å². The monoisotopic (exact) mass is 492 g/mol. The number of carbonyl (C=O) groups is 3. The predicted octanol–water partition coefficient (Wildman–Crippen LogP) is 4.61. The average Bonchev–Trinajstić information content (AvgIpc) is 3.02. The van der Waals surface area contributed by atoms with Crippen molar-refractivity contribution in [1.29, 1.82) is 5.26 Å². The summed E-state index contributed by atoms with van der Waals surface area (Å²) in [5.74, 6) is -2.27. The maximum absolute atomic E-state index is 12.5. The molecule has 158 valence electrons. The molecule has 0 unspecified atom stereocenters. The molecule has 1 heterocycles. The summed E-state index contributed by atoms with van der Waals surface area (Å²) >= 11 is 3.27. The topological polar surface area (TPSA) is 132 Å². The van der Waals surface area contributed by atoms with Crippen LogP contribution >= 0.6 is 15.9 Å². The van der Waals surface area contributed by atoms with E-state index in [1.165, 1.54) is 26.3 Å². The number of carbonyl (C=O) groups excluding carboxylic acids is 3. The second-order valence-corrected chi connectivity index (χ2v) is 7.62. The first-order valence-corrected chi connectivity index (χ1v) is 9.93. The number of fused-ring (bicyclic) bond motifs is 2. The Balaban J connectivity index is 1.95. The van der Waals surface area contributed by atoms with Gasteiger partial charge in [-0.05, 0) is 33.4 Å². The number of methoxy groups -OCH3 is 1. The SMILES string of the molecule is COC(=O)c1cc2ccccc2c(N=Nc2c(C#N)cc3c(c2Br)C(=O)N(C)C3=O)c1O. The summed E-state index contributed by atoms with van der Waals surface area (Å²) in [6.45, 7) is 0. The van der Waals surface area contributed by atoms with Crippen molar-refractivity contribution in [1.82, 2.24) is 4.90 Å². The molecule has 9 nitrogen and oxygen atoms in total. The highest BCUT2D eigenvalue weighted by molar-refractivity contribution is 9.10. The van der Waals surface area contributed by atoms with Crippen molar-refractivity contribution >= 4 is 55.9 Å². The fourth-order valence-electron chi connectivity index (χ4n) is 3.43. The largest absolute Gasteiger partial charge is 0.505 e. The van der Waals surface area contributed by atoms with E-state index in [0.29, 0.717) is 10.8 Å². The molecule has 10 heteroatoms. The molecule has 0 saturated heterocycles. The van der Waals surface area contributed by atoms with Crippen LogP contribution in [0, 0.1) is 11.3 Å². The second kappa shape index (κ2) is 7.86. The molecule has 32 heavy (non-hydrogen) atoms. The number of halogens is 1. The number of hydrogen-bond acceptors (Lipinski definition) is 8. The van der Waals surface area contributed by atoms with Crippen LogP contribution in [-0.4, -0.2) is 41.9 Å². The number of ether oxygens (including phenoxy) is 1. The third-order valence-electron chi connectivity index (χ3n) is 5.07. The summed E-state index contributed by atoms with van der Waals surface area (Å²) in [5, 5.41) is 29.6. The number of phenols is 1. The predicted molar refractivity (Wildman–Crippen MR) is 116 cm³/mol. The number of aromatic hydroxyl groups is 1. The average molecular weight is 493 g/mol. The number of benzene rings is 3. The molecule has 3 aromatic carbocycles. The van der Waals surface area contributed by atoms with Gasteiger partial charge >= 0.3 is 5.97 Å². The molecule has 1 aliphatic rings. The Morgan fingerprint density at radius 2 is 1.84 bits per heavy atom. The lowest BCUT2D eigenvalue weighted by atomic mass is 10.0. The van der Waals surface area contributed by atoms with Crippen LogP contribution in [0.25, 0.3) is 10.8 Å². The molecule has 0 bridgehead atoms. The van der Waals surface area contributed by atoms with Gasteiger partial charge in [-0.25, -0.2) is 4.79 Å². The Hall–Kier alpha value is -4.10. The third-order valence-corrected chi connectivity index (χ3v) is 5.84. The summed E-state index contributed by atoms with van der Waals surface area (Å²) in [7, 11) is 2.53. The first-order valence-electron chi connectivity index (χ1n) is 9.13. The lowest BCUT2D eigenvalue weighted by Crippen LogP contribution is -2.24. The van der Waals surface area contributed by atoms with Gasteiger partial charge < -0.3 is 9.84 Å². The zero-order valence-corrected chi connectivity index (χ0v) is 18.3. The van der Waals surface area contributed by atoms with E-state index in [-0.39, 0.29) is 38.1 Å². The molecule has 1 aliphatic heterocycles. The number of rotatable bonds is 3. The Bertz CT molecular complexity index is 1420. The van der Waals surface area contributed by atoms with Crippen molar-refractivity contribution < 1.29 is 24.2 Å². The van der Waals surface area contributed by atoms with Gasteiger partial charge in [-0.3, -0.25) is 14.5 Å². The van der Waals surface area contributed by atoms with Crippen LogP contribution in [0.2, 0.25) is 0 Å². The first-order chi connectivity index (χ1) is 15.3. The Morgan fingerprint density at radius 3 is 2.53 bits per heavy atom. The van der Waals surface area contributed by atoms with Crippen molar-refractivity contribution in [2.24, 2.45) is 10.2 Å². The van der Waals surface area contributed by atoms with Gasteiger partial charge in [0.1, 0.15) is 23.0 Å². The number of imide groups is 1. The molecule has 2 amide bonds. The quantitative estimate of drug-likeness (QED) is 0.322. The molecule has 0 aromatic heterocycles. The Morgan fingerprint density at radius 1 is 1.16 bits per heavy atom. The van der Waals surface area contributed by atoms with Gasteiger partial charge in [-0.1, -0.05) is 24.3 Å². The van der Waals surface area contributed by atoms with Gasteiger partial charge in [0.05, 0.1) is 28.3 Å². The molecule has 0 fully saturated rings. The standard InChI is InChI=1S/C22H13BrN4O5/c1-27-20(29)13-8-11(9-24)17(16(23)15(13)21(27)30)25-26-18-12-6-4-3-5-10(12)7-14(19(18)28)22(31)32-2/h3-8,28H,1-2H3. The molecule has 0 saturated carbocycles. The summed E-state index contributed by atoms with van der Waals surface area (Å²) in [4.78, 5) is 37.8. The van der Waals surface area contributed by atoms with Crippen LogP contribution in [0.5, 0.6) is 5.75 Å². The van der Waals surface area contributed by atoms with Crippen LogP contribution in [0.15, 0.2) is 51.1 Å². The number of amides is 2. The van der Waals surface area contributed by atoms with Crippen molar-refractivity contribution in [3.63, 3.8) is 0 Å². The number of nitrogens with zero attached hydrogens (tertiary/aromatic N) is 4. The minimum absolute atomic E-state index is 0.00347. The molecular weight excluding hydrogens is 480 g/mol. The van der Waals surface area contributed by atoms with Gasteiger partial charge in [0.2, 0.25) is 0 Å². The summed E-state index contributed by atoms with van der Waals surface area (Å²) in [5.41, 5.74) is 0.0532. The van der Waals surface area contributed by atoms with Crippen LogP contribution < -0.4 is 0 Å². The van der Waals surface area contributed by atoms with E-state index in [0.717, 1.165) is 4.90 Å². The van der Waals surface area contributed by atoms with Crippen molar-refractivity contribution in [2.45, 2.75) is 0 Å². The Labute approximate surface area is 189 Å². The number of azo groups is 1. The molecule has 0 radical (unpaired) electrons. The van der Waals surface area contributed by atoms with Crippen molar-refractivity contribution in [2.75, 3.05) is 14.2 Å². The maximum Gasteiger partial charge on any atom is 0.341 e. The highest BCUT2D eigenvalue weighted by Gasteiger charge is 2.37. The normalized spacial score (nSPS) is 13.0. The van der Waals surface area contributed by atoms with Crippen LogP contribution in [0.3, 0.4) is 0 Å². The lowest BCUT2D eigenvalue weighted by molar-refractivity contribution is 0.0596. The highest BCUT2D eigenvalue weighted by atomic mass is 79.9. The summed E-state index contributed by atoms with van der Waals surface area (Å²) in [6, 6.07) is 11.6. The minimum atomic E-state index is -0.756. The lowest BCUT2D eigenvalue weighted by Gasteiger charge is -2.09. The smallest absolute Gasteiger partial charge is 0.341 e. The number of esters is 1.